The fourth-order valence-corrected chi connectivity index (χ4v) is 2.33. The summed E-state index contributed by atoms with van der Waals surface area (Å²) in [5.41, 5.74) is -0.785. The number of hydrogen-bond donors (Lipinski definition) is 7. The molecule has 1 fully saturated rings. The third-order valence-corrected chi connectivity index (χ3v) is 3.79. The molecule has 1 aliphatic heterocycles. The Kier molecular flexibility index (Phi) is 5.16. The molecule has 0 amide bonds. The molecule has 0 bridgehead atoms. The highest BCUT2D eigenvalue weighted by Crippen LogP contribution is 2.37. The minimum absolute atomic E-state index is 0.0962. The first-order chi connectivity index (χ1) is 11.2. The third kappa shape index (κ3) is 3.09. The van der Waals surface area contributed by atoms with Gasteiger partial charge >= 0.3 is 5.97 Å². The molecule has 1 aromatic carbocycles. The van der Waals surface area contributed by atoms with Crippen LogP contribution in [0.25, 0.3) is 0 Å². The van der Waals surface area contributed by atoms with Gasteiger partial charge in [0.15, 0.2) is 12.4 Å². The van der Waals surface area contributed by atoms with Crippen LogP contribution in [0.15, 0.2) is 6.07 Å². The number of aromatic hydroxyl groups is 3. The molecule has 0 aliphatic carbocycles. The molecule has 0 unspecified atom stereocenters. The molecule has 10 heteroatoms. The molecule has 1 saturated heterocycles. The Morgan fingerprint density at radius 3 is 2.38 bits per heavy atom. The Morgan fingerprint density at radius 2 is 1.79 bits per heavy atom. The van der Waals surface area contributed by atoms with Crippen LogP contribution >= 0.6 is 0 Å². The number of phenolic OH excluding ortho intramolecular Hbond substituents is 3. The maximum absolute atomic E-state index is 12.2. The zero-order chi connectivity index (χ0) is 18.2. The Labute approximate surface area is 135 Å². The number of rotatable bonds is 3. The number of carbonyl (C=O) groups excluding carboxylic acids is 1. The Morgan fingerprint density at radius 1 is 1.17 bits per heavy atom. The van der Waals surface area contributed by atoms with E-state index in [0.29, 0.717) is 0 Å². The highest BCUT2D eigenvalue weighted by atomic mass is 16.7. The molecule has 2 rings (SSSR count). The lowest BCUT2D eigenvalue weighted by Crippen LogP contribution is -2.59. The van der Waals surface area contributed by atoms with Crippen LogP contribution in [0.2, 0.25) is 0 Å². The molecular weight excluding hydrogens is 328 g/mol. The summed E-state index contributed by atoms with van der Waals surface area (Å²) in [6, 6.07) is 0.813. The number of ether oxygens (including phenoxy) is 2. The molecule has 1 heterocycles. The van der Waals surface area contributed by atoms with Gasteiger partial charge in [-0.05, 0) is 6.92 Å². The normalized spacial score (nSPS) is 30.1. The number of aliphatic hydroxyl groups is 4. The highest BCUT2D eigenvalue weighted by molar-refractivity contribution is 5.96. The second kappa shape index (κ2) is 6.79. The van der Waals surface area contributed by atoms with Crippen molar-refractivity contribution in [3.63, 3.8) is 0 Å². The summed E-state index contributed by atoms with van der Waals surface area (Å²) < 4.78 is 9.61. The van der Waals surface area contributed by atoms with E-state index in [4.69, 9.17) is 14.6 Å². The molecule has 1 aromatic rings. The van der Waals surface area contributed by atoms with Crippen molar-refractivity contribution in [2.75, 3.05) is 6.61 Å². The van der Waals surface area contributed by atoms with Crippen LogP contribution in [0.4, 0.5) is 0 Å². The molecule has 7 N–H and O–H groups in total. The Hall–Kier alpha value is -2.11. The van der Waals surface area contributed by atoms with Gasteiger partial charge in [-0.1, -0.05) is 0 Å². The van der Waals surface area contributed by atoms with Crippen molar-refractivity contribution in [3.8, 4) is 17.2 Å². The van der Waals surface area contributed by atoms with Gasteiger partial charge in [0.2, 0.25) is 0 Å². The van der Waals surface area contributed by atoms with E-state index in [1.165, 1.54) is 6.92 Å². The predicted octanol–water partition coefficient (Wildman–Crippen LogP) is -1.93. The maximum atomic E-state index is 12.2. The van der Waals surface area contributed by atoms with Gasteiger partial charge in [-0.15, -0.1) is 0 Å². The number of carbonyl (C=O) groups is 1. The van der Waals surface area contributed by atoms with Gasteiger partial charge in [-0.25, -0.2) is 4.79 Å². The highest BCUT2D eigenvalue weighted by Gasteiger charge is 2.46. The van der Waals surface area contributed by atoms with Crippen LogP contribution in [0.1, 0.15) is 15.9 Å². The summed E-state index contributed by atoms with van der Waals surface area (Å²) in [4.78, 5) is 12.2. The lowest BCUT2D eigenvalue weighted by Gasteiger charge is -2.39. The van der Waals surface area contributed by atoms with Crippen LogP contribution in [-0.2, 0) is 9.47 Å². The van der Waals surface area contributed by atoms with Crippen molar-refractivity contribution < 1.29 is 50.0 Å². The van der Waals surface area contributed by atoms with Crippen molar-refractivity contribution in [1.82, 2.24) is 0 Å². The van der Waals surface area contributed by atoms with Crippen LogP contribution in [-0.4, -0.2) is 79.0 Å². The Balaban J connectivity index is 2.30. The van der Waals surface area contributed by atoms with E-state index < -0.39 is 66.1 Å². The number of aliphatic hydroxyl groups excluding tert-OH is 4. The molecule has 24 heavy (non-hydrogen) atoms. The lowest BCUT2D eigenvalue weighted by atomic mass is 9.99. The van der Waals surface area contributed by atoms with Gasteiger partial charge in [0.25, 0.3) is 0 Å². The fourth-order valence-electron chi connectivity index (χ4n) is 2.33. The van der Waals surface area contributed by atoms with E-state index in [2.05, 4.69) is 0 Å². The minimum Gasteiger partial charge on any atom is -0.507 e. The Bertz CT molecular complexity index is 630. The molecule has 0 saturated carbocycles. The van der Waals surface area contributed by atoms with Crippen LogP contribution in [0.3, 0.4) is 0 Å². The van der Waals surface area contributed by atoms with Gasteiger partial charge in [0.05, 0.1) is 6.61 Å². The maximum Gasteiger partial charge on any atom is 0.346 e. The largest absolute Gasteiger partial charge is 0.507 e. The van der Waals surface area contributed by atoms with Crippen LogP contribution in [0, 0.1) is 6.92 Å². The van der Waals surface area contributed by atoms with E-state index in [1.807, 2.05) is 0 Å². The summed E-state index contributed by atoms with van der Waals surface area (Å²) in [5, 5.41) is 67.4. The zero-order valence-corrected chi connectivity index (χ0v) is 12.5. The van der Waals surface area contributed by atoms with Gasteiger partial charge < -0.3 is 45.2 Å². The molecule has 0 aromatic heterocycles. The smallest absolute Gasteiger partial charge is 0.346 e. The summed E-state index contributed by atoms with van der Waals surface area (Å²) in [6.45, 7) is 0.568. The SMILES string of the molecule is Cc1c(O)cc(O)c(C(=O)O[C@@H]2[C@@H](O)[C@H](O)O[C@H](CO)[C@H]2O)c1O. The zero-order valence-electron chi connectivity index (χ0n) is 12.5. The van der Waals surface area contributed by atoms with Crippen molar-refractivity contribution in [1.29, 1.82) is 0 Å². The first-order valence-corrected chi connectivity index (χ1v) is 6.95. The average Bonchev–Trinajstić information content (AvgIpc) is 2.52. The summed E-state index contributed by atoms with van der Waals surface area (Å²) in [5.74, 6) is -3.30. The standard InChI is InChI=1S/C14H18O10/c1-4-5(16)2-6(17)8(9(4)18)13(21)24-12-10(19)7(3-15)23-14(22)11(12)20/h2,7,10-12,14-20,22H,3H2,1H3/t7-,10-,11-,12+,14-/m1/s1. The average molecular weight is 346 g/mol. The molecule has 0 radical (unpaired) electrons. The van der Waals surface area contributed by atoms with Crippen molar-refractivity contribution in [3.05, 3.63) is 17.2 Å². The van der Waals surface area contributed by atoms with Crippen LogP contribution in [0.5, 0.6) is 17.2 Å². The van der Waals surface area contributed by atoms with E-state index in [0.717, 1.165) is 6.07 Å². The van der Waals surface area contributed by atoms with E-state index in [9.17, 15) is 35.4 Å². The molecule has 5 atom stereocenters. The van der Waals surface area contributed by atoms with E-state index >= 15 is 0 Å². The molecule has 134 valence electrons. The molecule has 1 aliphatic rings. The lowest BCUT2D eigenvalue weighted by molar-refractivity contribution is -0.285. The monoisotopic (exact) mass is 346 g/mol. The quantitative estimate of drug-likeness (QED) is 0.305. The van der Waals surface area contributed by atoms with E-state index in [1.54, 1.807) is 0 Å². The van der Waals surface area contributed by atoms with Gasteiger partial charge in [0, 0.05) is 11.6 Å². The first kappa shape index (κ1) is 18.2. The van der Waals surface area contributed by atoms with Gasteiger partial charge in [-0.3, -0.25) is 0 Å². The number of benzene rings is 1. The van der Waals surface area contributed by atoms with Crippen molar-refractivity contribution >= 4 is 5.97 Å². The summed E-state index contributed by atoms with van der Waals surface area (Å²) in [7, 11) is 0. The summed E-state index contributed by atoms with van der Waals surface area (Å²) >= 11 is 0. The second-order valence-corrected chi connectivity index (χ2v) is 5.36. The van der Waals surface area contributed by atoms with E-state index in [-0.39, 0.29) is 5.56 Å². The van der Waals surface area contributed by atoms with Crippen molar-refractivity contribution in [2.24, 2.45) is 0 Å². The fraction of sp³-hybridized carbons (Fsp3) is 0.500. The molecule has 0 spiro atoms. The molecular formula is C14H18O10. The van der Waals surface area contributed by atoms with Gasteiger partial charge in [-0.2, -0.15) is 0 Å². The van der Waals surface area contributed by atoms with Crippen molar-refractivity contribution in [2.45, 2.75) is 37.6 Å². The van der Waals surface area contributed by atoms with Gasteiger partial charge in [0.1, 0.15) is 41.1 Å². The number of hydrogen-bond acceptors (Lipinski definition) is 10. The van der Waals surface area contributed by atoms with Crippen LogP contribution < -0.4 is 0 Å². The number of esters is 1. The third-order valence-electron chi connectivity index (χ3n) is 3.79. The first-order valence-electron chi connectivity index (χ1n) is 6.95. The minimum atomic E-state index is -1.83. The molecule has 10 nitrogen and oxygen atoms in total. The topological polar surface area (TPSA) is 177 Å². The second-order valence-electron chi connectivity index (χ2n) is 5.36. The predicted molar refractivity (Wildman–Crippen MR) is 75.4 cm³/mol. The summed E-state index contributed by atoms with van der Waals surface area (Å²) in [6.07, 6.45) is -8.32. The number of phenols is 3.